The van der Waals surface area contributed by atoms with E-state index in [1.54, 1.807) is 30.5 Å². The van der Waals surface area contributed by atoms with Gasteiger partial charge in [0.15, 0.2) is 9.84 Å². The van der Waals surface area contributed by atoms with E-state index in [0.717, 1.165) is 17.4 Å². The minimum absolute atomic E-state index is 0.221. The second-order valence-electron chi connectivity index (χ2n) is 5.41. The van der Waals surface area contributed by atoms with Gasteiger partial charge in [-0.25, -0.2) is 18.2 Å². The van der Waals surface area contributed by atoms with Gasteiger partial charge in [-0.15, -0.1) is 0 Å². The Morgan fingerprint density at radius 2 is 1.79 bits per heavy atom. The van der Waals surface area contributed by atoms with E-state index in [1.165, 1.54) is 12.1 Å². The summed E-state index contributed by atoms with van der Waals surface area (Å²) in [5.41, 5.74) is 2.67. The topological polar surface area (TPSA) is 73.3 Å². The summed E-state index contributed by atoms with van der Waals surface area (Å²) in [5, 5.41) is 0.351. The van der Waals surface area contributed by atoms with Crippen LogP contribution in [0.1, 0.15) is 17.5 Å². The Labute approximate surface area is 144 Å². The first-order chi connectivity index (χ1) is 11.4. The maximum Gasteiger partial charge on any atom is 0.334 e. The third kappa shape index (κ3) is 3.34. The second-order valence-corrected chi connectivity index (χ2v) is 7.81. The quantitative estimate of drug-likeness (QED) is 0.476. The molecular formula is C17H14ClNO4S. The number of pyridine rings is 1. The van der Waals surface area contributed by atoms with Crippen molar-refractivity contribution in [1.29, 1.82) is 0 Å². The molecule has 1 aliphatic rings. The summed E-state index contributed by atoms with van der Waals surface area (Å²) >= 11 is 5.84. The fourth-order valence-electron chi connectivity index (χ4n) is 2.57. The number of halogens is 1. The molecule has 0 amide bonds. The molecule has 1 aliphatic heterocycles. The second kappa shape index (κ2) is 6.37. The standard InChI is InChI=1S/C17H14ClNO4S/c1-24(21,22)13-5-2-11(3-6-13)16(14-8-9-23-17(14)20)12-4-7-15(18)19-10-12/h2-7,10H,8-9H2,1H3/b16-14-. The van der Waals surface area contributed by atoms with Gasteiger partial charge in [-0.1, -0.05) is 23.7 Å². The van der Waals surface area contributed by atoms with Crippen LogP contribution in [0.5, 0.6) is 0 Å². The SMILES string of the molecule is CS(=O)(=O)c1ccc(/C(=C2\CCOC2=O)c2ccc(Cl)nc2)cc1. The molecule has 0 N–H and O–H groups in total. The average molecular weight is 364 g/mol. The zero-order chi connectivity index (χ0) is 17.3. The van der Waals surface area contributed by atoms with E-state index in [1.807, 2.05) is 0 Å². The lowest BCUT2D eigenvalue weighted by Gasteiger charge is -2.11. The van der Waals surface area contributed by atoms with E-state index in [4.69, 9.17) is 16.3 Å². The van der Waals surface area contributed by atoms with Gasteiger partial charge in [0, 0.05) is 35.6 Å². The molecule has 7 heteroatoms. The largest absolute Gasteiger partial charge is 0.462 e. The fraction of sp³-hybridized carbons (Fsp3) is 0.176. The van der Waals surface area contributed by atoms with E-state index in [0.29, 0.717) is 29.3 Å². The van der Waals surface area contributed by atoms with Crippen LogP contribution < -0.4 is 0 Å². The van der Waals surface area contributed by atoms with Crippen molar-refractivity contribution in [3.8, 4) is 0 Å². The highest BCUT2D eigenvalue weighted by atomic mass is 35.5. The number of carbonyl (C=O) groups excluding carboxylic acids is 1. The smallest absolute Gasteiger partial charge is 0.334 e. The first kappa shape index (κ1) is 16.7. The summed E-state index contributed by atoms with van der Waals surface area (Å²) in [6, 6.07) is 9.82. The van der Waals surface area contributed by atoms with Gasteiger partial charge in [-0.05, 0) is 29.8 Å². The molecule has 0 saturated carbocycles. The van der Waals surface area contributed by atoms with E-state index >= 15 is 0 Å². The van der Waals surface area contributed by atoms with Crippen LogP contribution >= 0.6 is 11.6 Å². The molecule has 0 unspecified atom stereocenters. The van der Waals surface area contributed by atoms with Crippen molar-refractivity contribution in [3.05, 3.63) is 64.4 Å². The predicted octanol–water partition coefficient (Wildman–Crippen LogP) is 2.89. The van der Waals surface area contributed by atoms with E-state index in [2.05, 4.69) is 4.98 Å². The van der Waals surface area contributed by atoms with Crippen molar-refractivity contribution in [2.75, 3.05) is 12.9 Å². The van der Waals surface area contributed by atoms with Gasteiger partial charge in [0.05, 0.1) is 11.5 Å². The van der Waals surface area contributed by atoms with Crippen LogP contribution in [0.4, 0.5) is 0 Å². The Kier molecular flexibility index (Phi) is 4.43. The highest BCUT2D eigenvalue weighted by Gasteiger charge is 2.25. The molecule has 1 aromatic carbocycles. The summed E-state index contributed by atoms with van der Waals surface area (Å²) in [5.74, 6) is -0.368. The van der Waals surface area contributed by atoms with Gasteiger partial charge in [-0.2, -0.15) is 0 Å². The number of nitrogens with zero attached hydrogens (tertiary/aromatic N) is 1. The molecule has 2 heterocycles. The molecule has 124 valence electrons. The Balaban J connectivity index is 2.16. The number of sulfone groups is 1. The third-order valence-electron chi connectivity index (χ3n) is 3.72. The number of aromatic nitrogens is 1. The summed E-state index contributed by atoms with van der Waals surface area (Å²) in [6.45, 7) is 0.333. The molecule has 1 aromatic heterocycles. The van der Waals surface area contributed by atoms with Crippen molar-refractivity contribution >= 4 is 33.0 Å². The Hall–Kier alpha value is -2.18. The van der Waals surface area contributed by atoms with Crippen LogP contribution in [-0.4, -0.2) is 32.2 Å². The van der Waals surface area contributed by atoms with E-state index in [-0.39, 0.29) is 10.9 Å². The van der Waals surface area contributed by atoms with Gasteiger partial charge in [-0.3, -0.25) is 0 Å². The molecule has 2 aromatic rings. The number of ether oxygens (including phenoxy) is 1. The maximum atomic E-state index is 12.0. The number of carbonyl (C=O) groups is 1. The Morgan fingerprint density at radius 3 is 2.29 bits per heavy atom. The molecule has 1 fully saturated rings. The van der Waals surface area contributed by atoms with Crippen LogP contribution in [0, 0.1) is 0 Å². The van der Waals surface area contributed by atoms with Crippen molar-refractivity contribution in [1.82, 2.24) is 4.98 Å². The highest BCUT2D eigenvalue weighted by Crippen LogP contribution is 2.32. The van der Waals surface area contributed by atoms with Crippen molar-refractivity contribution in [3.63, 3.8) is 0 Å². The maximum absolute atomic E-state index is 12.0. The lowest BCUT2D eigenvalue weighted by atomic mass is 9.93. The number of esters is 1. The molecule has 1 saturated heterocycles. The molecule has 0 radical (unpaired) electrons. The molecule has 0 spiro atoms. The first-order valence-electron chi connectivity index (χ1n) is 7.19. The molecule has 3 rings (SSSR count). The number of hydrogen-bond acceptors (Lipinski definition) is 5. The summed E-state index contributed by atoms with van der Waals surface area (Å²) < 4.78 is 28.3. The summed E-state index contributed by atoms with van der Waals surface area (Å²) in [4.78, 5) is 16.3. The summed E-state index contributed by atoms with van der Waals surface area (Å²) in [7, 11) is -3.28. The molecular weight excluding hydrogens is 350 g/mol. The fourth-order valence-corrected chi connectivity index (χ4v) is 3.31. The lowest BCUT2D eigenvalue weighted by molar-refractivity contribution is -0.135. The lowest BCUT2D eigenvalue weighted by Crippen LogP contribution is -2.02. The Morgan fingerprint density at radius 1 is 1.12 bits per heavy atom. The van der Waals surface area contributed by atoms with Crippen molar-refractivity contribution in [2.24, 2.45) is 0 Å². The van der Waals surface area contributed by atoms with Crippen molar-refractivity contribution < 1.29 is 17.9 Å². The number of rotatable bonds is 3. The van der Waals surface area contributed by atoms with Crippen LogP contribution in [0.3, 0.4) is 0 Å². The van der Waals surface area contributed by atoms with Crippen LogP contribution in [0.15, 0.2) is 53.1 Å². The average Bonchev–Trinajstić information content (AvgIpc) is 2.95. The zero-order valence-corrected chi connectivity index (χ0v) is 14.4. The van der Waals surface area contributed by atoms with E-state index in [9.17, 15) is 13.2 Å². The van der Waals surface area contributed by atoms with Crippen LogP contribution in [0.25, 0.3) is 5.57 Å². The predicted molar refractivity (Wildman–Crippen MR) is 90.4 cm³/mol. The van der Waals surface area contributed by atoms with Crippen LogP contribution in [-0.2, 0) is 19.4 Å². The number of benzene rings is 1. The molecule has 0 aliphatic carbocycles. The zero-order valence-electron chi connectivity index (χ0n) is 12.8. The van der Waals surface area contributed by atoms with Crippen molar-refractivity contribution in [2.45, 2.75) is 11.3 Å². The Bertz CT molecular complexity index is 916. The first-order valence-corrected chi connectivity index (χ1v) is 9.46. The van der Waals surface area contributed by atoms with Gasteiger partial charge in [0.1, 0.15) is 5.15 Å². The van der Waals surface area contributed by atoms with Gasteiger partial charge >= 0.3 is 5.97 Å². The monoisotopic (exact) mass is 363 g/mol. The van der Waals surface area contributed by atoms with Crippen LogP contribution in [0.2, 0.25) is 5.15 Å². The highest BCUT2D eigenvalue weighted by molar-refractivity contribution is 7.90. The van der Waals surface area contributed by atoms with Gasteiger partial charge in [0.25, 0.3) is 0 Å². The molecule has 5 nitrogen and oxygen atoms in total. The minimum Gasteiger partial charge on any atom is -0.462 e. The number of hydrogen-bond donors (Lipinski definition) is 0. The third-order valence-corrected chi connectivity index (χ3v) is 5.07. The minimum atomic E-state index is -3.28. The number of cyclic esters (lactones) is 1. The normalized spacial score (nSPS) is 16.8. The van der Waals surface area contributed by atoms with Gasteiger partial charge in [0.2, 0.25) is 0 Å². The van der Waals surface area contributed by atoms with Gasteiger partial charge < -0.3 is 4.74 Å². The molecule has 0 atom stereocenters. The molecule has 0 bridgehead atoms. The van der Waals surface area contributed by atoms with E-state index < -0.39 is 9.84 Å². The molecule has 24 heavy (non-hydrogen) atoms. The summed E-state index contributed by atoms with van der Waals surface area (Å²) in [6.07, 6.45) is 3.23.